The van der Waals surface area contributed by atoms with Gasteiger partial charge in [0.25, 0.3) is 5.91 Å². The molecule has 2 aliphatic carbocycles. The van der Waals surface area contributed by atoms with Crippen LogP contribution in [0.25, 0.3) is 0 Å². The first-order valence-electron chi connectivity index (χ1n) is 10.2. The summed E-state index contributed by atoms with van der Waals surface area (Å²) in [5.74, 6) is 0.718. The van der Waals surface area contributed by atoms with Gasteiger partial charge >= 0.3 is 0 Å². The Hall–Kier alpha value is -1.40. The third kappa shape index (κ3) is 4.46. The molecular formula is C20H34N4O2. The fraction of sp³-hybridized carbons (Fsp3) is 0.800. The van der Waals surface area contributed by atoms with Gasteiger partial charge in [0.1, 0.15) is 0 Å². The highest BCUT2D eigenvalue weighted by atomic mass is 16.3. The number of carbonyl (C=O) groups is 1. The Morgan fingerprint density at radius 3 is 2.73 bits per heavy atom. The summed E-state index contributed by atoms with van der Waals surface area (Å²) in [4.78, 5) is 14.3. The summed E-state index contributed by atoms with van der Waals surface area (Å²) >= 11 is 0. The lowest BCUT2D eigenvalue weighted by Crippen LogP contribution is -2.36. The van der Waals surface area contributed by atoms with Gasteiger partial charge in [0.2, 0.25) is 0 Å². The lowest BCUT2D eigenvalue weighted by atomic mass is 9.88. The van der Waals surface area contributed by atoms with Crippen molar-refractivity contribution in [3.63, 3.8) is 0 Å². The predicted molar refractivity (Wildman–Crippen MR) is 102 cm³/mol. The molecule has 26 heavy (non-hydrogen) atoms. The first kappa shape index (κ1) is 19.4. The highest BCUT2D eigenvalue weighted by molar-refractivity contribution is 5.93. The molecule has 3 rings (SSSR count). The molecule has 1 atom stereocenters. The zero-order chi connectivity index (χ0) is 18.5. The Kier molecular flexibility index (Phi) is 6.70. The minimum atomic E-state index is 0.0136. The van der Waals surface area contributed by atoms with Crippen molar-refractivity contribution in [3.8, 4) is 0 Å². The van der Waals surface area contributed by atoms with Gasteiger partial charge in [0.05, 0.1) is 0 Å². The second-order valence-corrected chi connectivity index (χ2v) is 8.13. The molecule has 1 saturated carbocycles. The van der Waals surface area contributed by atoms with Gasteiger partial charge in [0, 0.05) is 44.5 Å². The lowest BCUT2D eigenvalue weighted by molar-refractivity contribution is 0.0819. The Balaban J connectivity index is 1.79. The number of fused-ring (bicyclic) bond motifs is 1. The second-order valence-electron chi connectivity index (χ2n) is 8.13. The average Bonchev–Trinajstić information content (AvgIpc) is 3.00. The number of aromatic nitrogens is 2. The second kappa shape index (κ2) is 9.00. The molecule has 0 saturated heterocycles. The number of hydrogen-bond acceptors (Lipinski definition) is 4. The Morgan fingerprint density at radius 1 is 1.27 bits per heavy atom. The van der Waals surface area contributed by atoms with Crippen LogP contribution in [0, 0.1) is 5.92 Å². The van der Waals surface area contributed by atoms with Crippen LogP contribution in [0.5, 0.6) is 0 Å². The normalized spacial score (nSPS) is 20.8. The minimum absolute atomic E-state index is 0.0136. The number of amides is 1. The van der Waals surface area contributed by atoms with Crippen molar-refractivity contribution in [3.05, 3.63) is 17.0 Å². The highest BCUT2D eigenvalue weighted by Crippen LogP contribution is 2.29. The van der Waals surface area contributed by atoms with Crippen LogP contribution in [-0.4, -0.2) is 59.0 Å². The molecule has 0 bridgehead atoms. The van der Waals surface area contributed by atoms with Crippen molar-refractivity contribution in [1.29, 1.82) is 0 Å². The highest BCUT2D eigenvalue weighted by Gasteiger charge is 2.30. The number of hydrogen-bond donors (Lipinski definition) is 2. The third-order valence-corrected chi connectivity index (χ3v) is 5.88. The van der Waals surface area contributed by atoms with Crippen LogP contribution in [0.3, 0.4) is 0 Å². The summed E-state index contributed by atoms with van der Waals surface area (Å²) in [6, 6.07) is 0.370. The number of nitrogens with one attached hydrogen (secondary N) is 1. The number of rotatable bonds is 7. The monoisotopic (exact) mass is 362 g/mol. The molecule has 146 valence electrons. The van der Waals surface area contributed by atoms with E-state index in [4.69, 9.17) is 10.2 Å². The third-order valence-electron chi connectivity index (χ3n) is 5.88. The van der Waals surface area contributed by atoms with E-state index in [0.717, 1.165) is 44.3 Å². The van der Waals surface area contributed by atoms with Crippen molar-refractivity contribution < 1.29 is 9.90 Å². The van der Waals surface area contributed by atoms with E-state index in [0.29, 0.717) is 17.7 Å². The average molecular weight is 363 g/mol. The van der Waals surface area contributed by atoms with Crippen LogP contribution < -0.4 is 5.32 Å². The van der Waals surface area contributed by atoms with Crippen molar-refractivity contribution >= 4 is 5.91 Å². The molecule has 0 radical (unpaired) electrons. The van der Waals surface area contributed by atoms with E-state index in [1.54, 1.807) is 19.0 Å². The van der Waals surface area contributed by atoms with E-state index in [9.17, 15) is 4.79 Å². The van der Waals surface area contributed by atoms with Crippen molar-refractivity contribution in [2.45, 2.75) is 70.4 Å². The summed E-state index contributed by atoms with van der Waals surface area (Å²) in [7, 11) is 3.60. The first-order valence-corrected chi connectivity index (χ1v) is 10.2. The standard InChI is InChI=1S/C20H34N4O2/c1-23(2)20(26)19-17-13-16(21-11-6-12-25)9-10-18(17)24(22-19)14-15-7-4-3-5-8-15/h15-16,21,25H,3-14H2,1-2H3/t16-/m1/s1. The van der Waals surface area contributed by atoms with Crippen LogP contribution in [0.1, 0.15) is 66.7 Å². The molecule has 0 spiro atoms. The fourth-order valence-corrected chi connectivity index (χ4v) is 4.40. The Labute approximate surface area is 156 Å². The van der Waals surface area contributed by atoms with Gasteiger partial charge in [-0.1, -0.05) is 19.3 Å². The van der Waals surface area contributed by atoms with E-state index in [1.807, 2.05) is 0 Å². The molecule has 0 unspecified atom stereocenters. The zero-order valence-corrected chi connectivity index (χ0v) is 16.3. The largest absolute Gasteiger partial charge is 0.396 e. The lowest BCUT2D eigenvalue weighted by Gasteiger charge is -2.26. The van der Waals surface area contributed by atoms with Crippen molar-refractivity contribution in [2.75, 3.05) is 27.2 Å². The number of carbonyl (C=O) groups excluding carboxylic acids is 1. The molecule has 0 aliphatic heterocycles. The number of aliphatic hydroxyl groups is 1. The summed E-state index contributed by atoms with van der Waals surface area (Å²) in [6.07, 6.45) is 10.3. The maximum Gasteiger partial charge on any atom is 0.274 e. The SMILES string of the molecule is CN(C)C(=O)c1nn(CC2CCCCC2)c2c1C[C@H](NCCCO)CC2. The van der Waals surface area contributed by atoms with E-state index in [1.165, 1.54) is 37.8 Å². The molecule has 1 aromatic rings. The first-order chi connectivity index (χ1) is 12.6. The van der Waals surface area contributed by atoms with Crippen molar-refractivity contribution in [2.24, 2.45) is 5.92 Å². The summed E-state index contributed by atoms with van der Waals surface area (Å²) in [5, 5.41) is 17.3. The van der Waals surface area contributed by atoms with E-state index < -0.39 is 0 Å². The van der Waals surface area contributed by atoms with Gasteiger partial charge in [-0.05, 0) is 51.0 Å². The molecule has 2 aliphatic rings. The fourth-order valence-electron chi connectivity index (χ4n) is 4.40. The number of aliphatic hydroxyl groups excluding tert-OH is 1. The van der Waals surface area contributed by atoms with Gasteiger partial charge in [-0.3, -0.25) is 9.48 Å². The quantitative estimate of drug-likeness (QED) is 0.728. The Morgan fingerprint density at radius 2 is 2.04 bits per heavy atom. The molecule has 1 amide bonds. The molecular weight excluding hydrogens is 328 g/mol. The van der Waals surface area contributed by atoms with Crippen LogP contribution in [0.4, 0.5) is 0 Å². The smallest absolute Gasteiger partial charge is 0.274 e. The summed E-state index contributed by atoms with van der Waals surface area (Å²) < 4.78 is 2.16. The summed E-state index contributed by atoms with van der Waals surface area (Å²) in [5.41, 5.74) is 3.07. The predicted octanol–water partition coefficient (Wildman–Crippen LogP) is 1.99. The molecule has 1 heterocycles. The van der Waals surface area contributed by atoms with Crippen LogP contribution >= 0.6 is 0 Å². The molecule has 6 heteroatoms. The van der Waals surface area contributed by atoms with Gasteiger partial charge in [-0.25, -0.2) is 0 Å². The molecule has 2 N–H and O–H groups in total. The minimum Gasteiger partial charge on any atom is -0.396 e. The zero-order valence-electron chi connectivity index (χ0n) is 16.3. The molecule has 0 aromatic carbocycles. The molecule has 1 aromatic heterocycles. The molecule has 6 nitrogen and oxygen atoms in total. The maximum absolute atomic E-state index is 12.7. The van der Waals surface area contributed by atoms with Crippen LogP contribution in [0.2, 0.25) is 0 Å². The van der Waals surface area contributed by atoms with Crippen molar-refractivity contribution in [1.82, 2.24) is 20.0 Å². The van der Waals surface area contributed by atoms with Crippen LogP contribution in [-0.2, 0) is 19.4 Å². The molecule has 1 fully saturated rings. The van der Waals surface area contributed by atoms with Gasteiger partial charge in [0.15, 0.2) is 5.69 Å². The van der Waals surface area contributed by atoms with E-state index in [2.05, 4.69) is 10.00 Å². The maximum atomic E-state index is 12.7. The van der Waals surface area contributed by atoms with Gasteiger partial charge < -0.3 is 15.3 Å². The van der Waals surface area contributed by atoms with Gasteiger partial charge in [-0.2, -0.15) is 5.10 Å². The Bertz CT molecular complexity index is 605. The topological polar surface area (TPSA) is 70.4 Å². The van der Waals surface area contributed by atoms with E-state index >= 15 is 0 Å². The van der Waals surface area contributed by atoms with E-state index in [-0.39, 0.29) is 12.5 Å². The number of nitrogens with zero attached hydrogens (tertiary/aromatic N) is 3. The van der Waals surface area contributed by atoms with Crippen LogP contribution in [0.15, 0.2) is 0 Å². The summed E-state index contributed by atoms with van der Waals surface area (Å²) in [6.45, 7) is 2.00. The van der Waals surface area contributed by atoms with Gasteiger partial charge in [-0.15, -0.1) is 0 Å².